The molecule has 184 valence electrons. The van der Waals surface area contributed by atoms with Crippen molar-refractivity contribution >= 4 is 5.97 Å². The van der Waals surface area contributed by atoms with Gasteiger partial charge in [0.1, 0.15) is 24.7 Å². The van der Waals surface area contributed by atoms with Gasteiger partial charge in [0.2, 0.25) is 0 Å². The van der Waals surface area contributed by atoms with Crippen molar-refractivity contribution < 1.29 is 24.1 Å². The fraction of sp³-hybridized carbons (Fsp3) is 0.345. The Labute approximate surface area is 206 Å². The van der Waals surface area contributed by atoms with Gasteiger partial charge in [-0.15, -0.1) is 0 Å². The van der Waals surface area contributed by atoms with Gasteiger partial charge in [-0.2, -0.15) is 0 Å². The molecule has 0 bridgehead atoms. The molecule has 0 spiro atoms. The zero-order valence-electron chi connectivity index (χ0n) is 20.1. The molecule has 1 fully saturated rings. The molecule has 3 aromatic rings. The molecule has 0 aromatic heterocycles. The van der Waals surface area contributed by atoms with Crippen molar-refractivity contribution in [3.63, 3.8) is 0 Å². The molecular weight excluding hydrogens is 442 g/mol. The number of carboxylic acid groups (broad SMARTS) is 1. The van der Waals surface area contributed by atoms with Gasteiger partial charge in [-0.25, -0.2) is 0 Å². The van der Waals surface area contributed by atoms with E-state index < -0.39 is 5.97 Å². The van der Waals surface area contributed by atoms with Crippen LogP contribution in [-0.4, -0.2) is 30.4 Å². The Balaban J connectivity index is 1.58. The first-order chi connectivity index (χ1) is 17.0. The van der Waals surface area contributed by atoms with E-state index in [1.807, 2.05) is 43.3 Å². The van der Waals surface area contributed by atoms with Crippen molar-refractivity contribution in [2.75, 3.05) is 13.2 Å². The van der Waals surface area contributed by atoms with Crippen LogP contribution < -0.4 is 15.2 Å². The van der Waals surface area contributed by atoms with Gasteiger partial charge >= 0.3 is 5.97 Å². The highest BCUT2D eigenvalue weighted by atomic mass is 16.5. The lowest BCUT2D eigenvalue weighted by Crippen LogP contribution is -2.25. The fourth-order valence-corrected chi connectivity index (χ4v) is 4.24. The van der Waals surface area contributed by atoms with Gasteiger partial charge in [-0.1, -0.05) is 36.4 Å². The Morgan fingerprint density at radius 3 is 2.69 bits per heavy atom. The molecule has 0 radical (unpaired) electrons. The zero-order valence-corrected chi connectivity index (χ0v) is 20.1. The van der Waals surface area contributed by atoms with Crippen LogP contribution >= 0.6 is 0 Å². The number of carbonyl (C=O) groups is 1. The normalized spacial score (nSPS) is 16.5. The van der Waals surface area contributed by atoms with E-state index in [9.17, 15) is 9.90 Å². The van der Waals surface area contributed by atoms with Crippen LogP contribution in [0.3, 0.4) is 0 Å². The predicted molar refractivity (Wildman–Crippen MR) is 136 cm³/mol. The molecule has 2 atom stereocenters. The minimum atomic E-state index is -0.891. The molecule has 0 aliphatic carbocycles. The van der Waals surface area contributed by atoms with Crippen LogP contribution in [0.5, 0.6) is 11.5 Å². The van der Waals surface area contributed by atoms with Gasteiger partial charge < -0.3 is 25.1 Å². The number of hydrogen-bond donors (Lipinski definition) is 2. The summed E-state index contributed by atoms with van der Waals surface area (Å²) in [5.74, 6) is 0.426. The maximum atomic E-state index is 11.2. The fourth-order valence-electron chi connectivity index (χ4n) is 4.24. The molecule has 1 heterocycles. The van der Waals surface area contributed by atoms with E-state index >= 15 is 0 Å². The summed E-state index contributed by atoms with van der Waals surface area (Å²) in [6, 6.07) is 21.4. The first-order valence-electron chi connectivity index (χ1n) is 12.1. The number of aliphatic carboxylic acids is 1. The molecular formula is C29H33NO5. The van der Waals surface area contributed by atoms with E-state index in [2.05, 4.69) is 18.2 Å². The summed E-state index contributed by atoms with van der Waals surface area (Å²) >= 11 is 0. The van der Waals surface area contributed by atoms with Gasteiger partial charge in [0.25, 0.3) is 0 Å². The molecule has 4 rings (SSSR count). The molecule has 1 aliphatic heterocycles. The molecule has 6 heteroatoms. The van der Waals surface area contributed by atoms with E-state index in [1.165, 1.54) is 0 Å². The minimum Gasteiger partial charge on any atom is -0.491 e. The van der Waals surface area contributed by atoms with E-state index in [-0.39, 0.29) is 25.2 Å². The Kier molecular flexibility index (Phi) is 8.40. The largest absolute Gasteiger partial charge is 0.491 e. The summed E-state index contributed by atoms with van der Waals surface area (Å²) in [4.78, 5) is 11.2. The highest BCUT2D eigenvalue weighted by Gasteiger charge is 2.16. The van der Waals surface area contributed by atoms with Crippen molar-refractivity contribution in [1.29, 1.82) is 0 Å². The molecule has 3 aromatic carbocycles. The maximum absolute atomic E-state index is 11.2. The zero-order chi connectivity index (χ0) is 24.6. The quantitative estimate of drug-likeness (QED) is 0.401. The van der Waals surface area contributed by atoms with Gasteiger partial charge in [0.15, 0.2) is 0 Å². The summed E-state index contributed by atoms with van der Waals surface area (Å²) in [5.41, 5.74) is 10.8. The minimum absolute atomic E-state index is 0.0635. The SMILES string of the molecule is C[C@@H](N)c1cccc(-c2cc(COc3ccccc3CC(=O)O)cc(OCC3CCCCO3)c2)c1. The molecule has 1 saturated heterocycles. The van der Waals surface area contributed by atoms with Crippen molar-refractivity contribution in [3.8, 4) is 22.6 Å². The molecule has 1 aliphatic rings. The Morgan fingerprint density at radius 1 is 1.06 bits per heavy atom. The highest BCUT2D eigenvalue weighted by Crippen LogP contribution is 2.30. The number of rotatable bonds is 10. The predicted octanol–water partition coefficient (Wildman–Crippen LogP) is 5.53. The summed E-state index contributed by atoms with van der Waals surface area (Å²) in [6.07, 6.45) is 3.29. The summed E-state index contributed by atoms with van der Waals surface area (Å²) < 4.78 is 18.1. The monoisotopic (exact) mass is 475 g/mol. The van der Waals surface area contributed by atoms with Crippen molar-refractivity contribution in [2.24, 2.45) is 5.73 Å². The third-order valence-electron chi connectivity index (χ3n) is 6.13. The van der Waals surface area contributed by atoms with Crippen LogP contribution in [-0.2, 0) is 22.6 Å². The van der Waals surface area contributed by atoms with E-state index in [0.717, 1.165) is 53.9 Å². The first kappa shape index (κ1) is 24.8. The highest BCUT2D eigenvalue weighted by molar-refractivity contribution is 5.71. The Morgan fingerprint density at radius 2 is 1.91 bits per heavy atom. The first-order valence-corrected chi connectivity index (χ1v) is 12.1. The van der Waals surface area contributed by atoms with Gasteiger partial charge in [-0.05, 0) is 78.8 Å². The Bertz CT molecular complexity index is 1140. The topological polar surface area (TPSA) is 91.0 Å². The van der Waals surface area contributed by atoms with Crippen LogP contribution in [0.2, 0.25) is 0 Å². The summed E-state index contributed by atoms with van der Waals surface area (Å²) in [6.45, 7) is 3.54. The van der Waals surface area contributed by atoms with Crippen LogP contribution in [0.25, 0.3) is 11.1 Å². The van der Waals surface area contributed by atoms with Crippen LogP contribution in [0.15, 0.2) is 66.7 Å². The third kappa shape index (κ3) is 7.07. The lowest BCUT2D eigenvalue weighted by Gasteiger charge is -2.23. The van der Waals surface area contributed by atoms with Crippen LogP contribution in [0.4, 0.5) is 0 Å². The Hall–Kier alpha value is -3.35. The average Bonchev–Trinajstić information content (AvgIpc) is 2.87. The third-order valence-corrected chi connectivity index (χ3v) is 6.13. The molecule has 35 heavy (non-hydrogen) atoms. The molecule has 3 N–H and O–H groups in total. The van der Waals surface area contributed by atoms with Crippen molar-refractivity contribution in [2.45, 2.75) is 51.4 Å². The van der Waals surface area contributed by atoms with Crippen LogP contribution in [0.1, 0.15) is 48.9 Å². The average molecular weight is 476 g/mol. The lowest BCUT2D eigenvalue weighted by atomic mass is 9.98. The van der Waals surface area contributed by atoms with Gasteiger partial charge in [-0.3, -0.25) is 4.79 Å². The summed E-state index contributed by atoms with van der Waals surface area (Å²) in [5, 5.41) is 9.21. The van der Waals surface area contributed by atoms with E-state index in [1.54, 1.807) is 12.1 Å². The standard InChI is InChI=1S/C29H33NO5/c1-20(30)22-8-6-9-23(15-22)25-13-21(14-27(16-25)34-19-26-10-4-5-12-33-26)18-35-28-11-3-2-7-24(28)17-29(31)32/h2-3,6-9,11,13-16,20,26H,4-5,10,12,17-19,30H2,1H3,(H,31,32)/t20-,26?/m1/s1. The van der Waals surface area contributed by atoms with E-state index in [0.29, 0.717) is 17.9 Å². The molecule has 0 amide bonds. The van der Waals surface area contributed by atoms with E-state index in [4.69, 9.17) is 19.9 Å². The molecule has 6 nitrogen and oxygen atoms in total. The number of carboxylic acids is 1. The number of hydrogen-bond acceptors (Lipinski definition) is 5. The second-order valence-corrected chi connectivity index (χ2v) is 9.05. The number of nitrogens with two attached hydrogens (primary N) is 1. The van der Waals surface area contributed by atoms with Gasteiger partial charge in [0, 0.05) is 18.2 Å². The number of ether oxygens (including phenoxy) is 3. The second-order valence-electron chi connectivity index (χ2n) is 9.05. The smallest absolute Gasteiger partial charge is 0.307 e. The molecule has 1 unspecified atom stereocenters. The van der Waals surface area contributed by atoms with Crippen molar-refractivity contribution in [3.05, 3.63) is 83.4 Å². The maximum Gasteiger partial charge on any atom is 0.307 e. The van der Waals surface area contributed by atoms with Gasteiger partial charge in [0.05, 0.1) is 12.5 Å². The second kappa shape index (κ2) is 11.9. The lowest BCUT2D eigenvalue weighted by molar-refractivity contribution is -0.136. The van der Waals surface area contributed by atoms with Crippen LogP contribution in [0, 0.1) is 0 Å². The summed E-state index contributed by atoms with van der Waals surface area (Å²) in [7, 11) is 0. The van der Waals surface area contributed by atoms with Crippen molar-refractivity contribution in [1.82, 2.24) is 0 Å². The molecule has 0 saturated carbocycles. The number of benzene rings is 3. The number of para-hydroxylation sites is 1.